The highest BCUT2D eigenvalue weighted by molar-refractivity contribution is 7.16. The molecule has 16 heavy (non-hydrogen) atoms. The molecule has 0 bridgehead atoms. The molecule has 84 valence electrons. The Morgan fingerprint density at radius 2 is 2.25 bits per heavy atom. The first-order chi connectivity index (χ1) is 7.72. The van der Waals surface area contributed by atoms with E-state index in [0.717, 1.165) is 14.8 Å². The van der Waals surface area contributed by atoms with E-state index in [9.17, 15) is 0 Å². The smallest absolute Gasteiger partial charge is 0.142 e. The number of hydrogen-bond acceptors (Lipinski definition) is 4. The summed E-state index contributed by atoms with van der Waals surface area (Å²) in [5.74, 6) is 0.694. The highest BCUT2D eigenvalue weighted by Gasteiger charge is 2.15. The molecule has 0 radical (unpaired) electrons. The number of nitrogens with two attached hydrogens (primary N) is 1. The molecule has 5 heteroatoms. The Hall–Kier alpha value is -1.10. The Labute approximate surface area is 103 Å². The van der Waals surface area contributed by atoms with Gasteiger partial charge in [0, 0.05) is 16.6 Å². The molecular formula is C11H11ClN2OS. The van der Waals surface area contributed by atoms with Gasteiger partial charge in [-0.2, -0.15) is 0 Å². The minimum absolute atomic E-state index is 0.226. The maximum Gasteiger partial charge on any atom is 0.142 e. The molecule has 2 aromatic heterocycles. The van der Waals surface area contributed by atoms with Gasteiger partial charge in [0.1, 0.15) is 5.75 Å². The van der Waals surface area contributed by atoms with E-state index >= 15 is 0 Å². The van der Waals surface area contributed by atoms with Crippen molar-refractivity contribution in [2.75, 3.05) is 7.11 Å². The van der Waals surface area contributed by atoms with Crippen LogP contribution >= 0.6 is 22.9 Å². The van der Waals surface area contributed by atoms with Gasteiger partial charge in [-0.1, -0.05) is 11.6 Å². The van der Waals surface area contributed by atoms with Crippen LogP contribution in [0.4, 0.5) is 0 Å². The summed E-state index contributed by atoms with van der Waals surface area (Å²) in [6.45, 7) is 0. The number of nitrogens with zero attached hydrogens (tertiary/aromatic N) is 1. The summed E-state index contributed by atoms with van der Waals surface area (Å²) in [6, 6.07) is 5.40. The highest BCUT2D eigenvalue weighted by Crippen LogP contribution is 2.32. The van der Waals surface area contributed by atoms with Crippen molar-refractivity contribution in [2.24, 2.45) is 5.73 Å². The molecule has 3 nitrogen and oxygen atoms in total. The number of thiophene rings is 1. The fraction of sp³-hybridized carbons (Fsp3) is 0.182. The van der Waals surface area contributed by atoms with E-state index in [1.54, 1.807) is 19.5 Å². The Balaban J connectivity index is 2.36. The van der Waals surface area contributed by atoms with Crippen LogP contribution in [0.25, 0.3) is 0 Å². The number of rotatable bonds is 3. The fourth-order valence-corrected chi connectivity index (χ4v) is 2.55. The lowest BCUT2D eigenvalue weighted by molar-refractivity contribution is 0.406. The Kier molecular flexibility index (Phi) is 3.43. The highest BCUT2D eigenvalue weighted by atomic mass is 35.5. The molecule has 0 fully saturated rings. The van der Waals surface area contributed by atoms with Crippen molar-refractivity contribution in [3.63, 3.8) is 0 Å². The number of hydrogen-bond donors (Lipinski definition) is 1. The van der Waals surface area contributed by atoms with Crippen molar-refractivity contribution in [3.8, 4) is 5.75 Å². The van der Waals surface area contributed by atoms with Crippen LogP contribution in [0.2, 0.25) is 4.34 Å². The molecule has 2 N–H and O–H groups in total. The van der Waals surface area contributed by atoms with E-state index < -0.39 is 0 Å². The van der Waals surface area contributed by atoms with Crippen LogP contribution in [0.15, 0.2) is 30.6 Å². The van der Waals surface area contributed by atoms with Gasteiger partial charge in [-0.25, -0.2) is 0 Å². The summed E-state index contributed by atoms with van der Waals surface area (Å²) in [6.07, 6.45) is 3.36. The first-order valence-corrected chi connectivity index (χ1v) is 5.90. The molecule has 0 aliphatic carbocycles. The zero-order valence-corrected chi connectivity index (χ0v) is 10.3. The fourth-order valence-electron chi connectivity index (χ4n) is 1.47. The SMILES string of the molecule is COc1cnccc1C(N)c1ccc(Cl)s1. The number of ether oxygens (including phenoxy) is 1. The molecule has 2 heterocycles. The van der Waals surface area contributed by atoms with Crippen molar-refractivity contribution in [3.05, 3.63) is 45.4 Å². The van der Waals surface area contributed by atoms with E-state index in [2.05, 4.69) is 4.98 Å². The van der Waals surface area contributed by atoms with E-state index in [1.165, 1.54) is 11.3 Å². The second-order valence-corrected chi connectivity index (χ2v) is 4.98. The first-order valence-electron chi connectivity index (χ1n) is 4.71. The van der Waals surface area contributed by atoms with E-state index in [0.29, 0.717) is 5.75 Å². The molecule has 0 saturated heterocycles. The Morgan fingerprint density at radius 1 is 1.44 bits per heavy atom. The normalized spacial score (nSPS) is 12.4. The van der Waals surface area contributed by atoms with Crippen molar-refractivity contribution in [2.45, 2.75) is 6.04 Å². The van der Waals surface area contributed by atoms with Crippen molar-refractivity contribution < 1.29 is 4.74 Å². The van der Waals surface area contributed by atoms with Gasteiger partial charge in [-0.3, -0.25) is 4.98 Å². The average molecular weight is 255 g/mol. The van der Waals surface area contributed by atoms with Gasteiger partial charge >= 0.3 is 0 Å². The number of pyridine rings is 1. The zero-order valence-electron chi connectivity index (χ0n) is 8.68. The van der Waals surface area contributed by atoms with E-state index in [1.807, 2.05) is 18.2 Å². The summed E-state index contributed by atoms with van der Waals surface area (Å²) in [5, 5.41) is 0. The van der Waals surface area contributed by atoms with Gasteiger partial charge in [0.05, 0.1) is 23.7 Å². The minimum Gasteiger partial charge on any atom is -0.495 e. The van der Waals surface area contributed by atoms with Crippen molar-refractivity contribution >= 4 is 22.9 Å². The lowest BCUT2D eigenvalue weighted by Gasteiger charge is -2.13. The van der Waals surface area contributed by atoms with Crippen LogP contribution in [0.3, 0.4) is 0 Å². The summed E-state index contributed by atoms with van der Waals surface area (Å²) < 4.78 is 5.96. The number of methoxy groups -OCH3 is 1. The number of halogens is 1. The minimum atomic E-state index is -0.226. The molecule has 0 aliphatic rings. The van der Waals surface area contributed by atoms with Gasteiger partial charge in [0.15, 0.2) is 0 Å². The van der Waals surface area contributed by atoms with E-state index in [4.69, 9.17) is 22.1 Å². The lowest BCUT2D eigenvalue weighted by Crippen LogP contribution is -2.11. The third-order valence-corrected chi connectivity index (χ3v) is 3.59. The van der Waals surface area contributed by atoms with Gasteiger partial charge in [0.2, 0.25) is 0 Å². The zero-order chi connectivity index (χ0) is 11.5. The third-order valence-electron chi connectivity index (χ3n) is 2.27. The van der Waals surface area contributed by atoms with Crippen LogP contribution in [-0.4, -0.2) is 12.1 Å². The molecule has 2 rings (SSSR count). The summed E-state index contributed by atoms with van der Waals surface area (Å²) in [5.41, 5.74) is 7.06. The summed E-state index contributed by atoms with van der Waals surface area (Å²) in [4.78, 5) is 5.00. The van der Waals surface area contributed by atoms with Crippen molar-refractivity contribution in [1.82, 2.24) is 4.98 Å². The molecule has 1 unspecified atom stereocenters. The molecule has 0 aromatic carbocycles. The predicted octanol–water partition coefficient (Wildman–Crippen LogP) is 2.85. The van der Waals surface area contributed by atoms with E-state index in [-0.39, 0.29) is 6.04 Å². The largest absolute Gasteiger partial charge is 0.495 e. The number of aromatic nitrogens is 1. The van der Waals surface area contributed by atoms with Crippen LogP contribution < -0.4 is 10.5 Å². The second-order valence-electron chi connectivity index (χ2n) is 3.24. The van der Waals surface area contributed by atoms with Crippen LogP contribution in [0.1, 0.15) is 16.5 Å². The third kappa shape index (κ3) is 2.19. The molecule has 0 spiro atoms. The van der Waals surface area contributed by atoms with Crippen LogP contribution in [0, 0.1) is 0 Å². The standard InChI is InChI=1S/C11H11ClN2OS/c1-15-8-6-14-5-4-7(8)11(13)9-2-3-10(12)16-9/h2-6,11H,13H2,1H3. The predicted molar refractivity (Wildman–Crippen MR) is 66.1 cm³/mol. The first kappa shape index (κ1) is 11.4. The van der Waals surface area contributed by atoms with Gasteiger partial charge < -0.3 is 10.5 Å². The molecule has 1 atom stereocenters. The second kappa shape index (κ2) is 4.82. The summed E-state index contributed by atoms with van der Waals surface area (Å²) >= 11 is 7.36. The van der Waals surface area contributed by atoms with Gasteiger partial charge in [-0.15, -0.1) is 11.3 Å². The maximum absolute atomic E-state index is 6.15. The van der Waals surface area contributed by atoms with Gasteiger partial charge in [0.25, 0.3) is 0 Å². The quantitative estimate of drug-likeness (QED) is 0.916. The van der Waals surface area contributed by atoms with Gasteiger partial charge in [-0.05, 0) is 18.2 Å². The monoisotopic (exact) mass is 254 g/mol. The van der Waals surface area contributed by atoms with Crippen LogP contribution in [0.5, 0.6) is 5.75 Å². The van der Waals surface area contributed by atoms with Crippen molar-refractivity contribution in [1.29, 1.82) is 0 Å². The Morgan fingerprint density at radius 3 is 2.88 bits per heavy atom. The molecule has 0 saturated carbocycles. The topological polar surface area (TPSA) is 48.1 Å². The maximum atomic E-state index is 6.15. The van der Waals surface area contributed by atoms with Crippen LogP contribution in [-0.2, 0) is 0 Å². The molecular weight excluding hydrogens is 244 g/mol. The average Bonchev–Trinajstić information content (AvgIpc) is 2.75. The lowest BCUT2D eigenvalue weighted by atomic mass is 10.1. The summed E-state index contributed by atoms with van der Waals surface area (Å²) in [7, 11) is 1.61. The molecule has 2 aromatic rings. The molecule has 0 aliphatic heterocycles. The molecule has 0 amide bonds. The Bertz CT molecular complexity index is 486.